The minimum Gasteiger partial charge on any atom is -0.341 e. The number of nitrogens with one attached hydrogen (secondary N) is 2. The third-order valence-corrected chi connectivity index (χ3v) is 3.68. The maximum absolute atomic E-state index is 14.1. The molecule has 8 heteroatoms. The fourth-order valence-corrected chi connectivity index (χ4v) is 2.41. The molecular formula is C17H15F2N5O. The molecule has 2 N–H and O–H groups in total. The van der Waals surface area contributed by atoms with Gasteiger partial charge in [-0.05, 0) is 30.7 Å². The molecule has 0 aliphatic rings. The summed E-state index contributed by atoms with van der Waals surface area (Å²) in [6.45, 7) is 1.95. The van der Waals surface area contributed by atoms with Gasteiger partial charge in [0.2, 0.25) is 11.7 Å². The van der Waals surface area contributed by atoms with Crippen LogP contribution in [0, 0.1) is 18.6 Å². The minimum absolute atomic E-state index is 0.0433. The lowest BCUT2D eigenvalue weighted by Crippen LogP contribution is -2.32. The number of aromatic nitrogens is 4. The third-order valence-electron chi connectivity index (χ3n) is 3.68. The Bertz CT molecular complexity index is 865. The number of hydrogen-bond donors (Lipinski definition) is 2. The van der Waals surface area contributed by atoms with Crippen molar-refractivity contribution in [1.82, 2.24) is 25.9 Å². The van der Waals surface area contributed by atoms with E-state index in [1.807, 2.05) is 31.2 Å². The predicted octanol–water partition coefficient (Wildman–Crippen LogP) is 2.23. The molecule has 0 spiro atoms. The first-order valence-electron chi connectivity index (χ1n) is 7.56. The molecule has 0 unspecified atom stereocenters. The van der Waals surface area contributed by atoms with Gasteiger partial charge in [-0.1, -0.05) is 35.0 Å². The smallest absolute Gasteiger partial charge is 0.225 e. The first-order valence-corrected chi connectivity index (χ1v) is 7.56. The van der Waals surface area contributed by atoms with Crippen LogP contribution in [0.5, 0.6) is 0 Å². The molecule has 1 aromatic heterocycles. The van der Waals surface area contributed by atoms with Gasteiger partial charge in [-0.25, -0.2) is 8.78 Å². The number of nitrogens with zero attached hydrogens (tertiary/aromatic N) is 3. The number of amides is 1. The predicted molar refractivity (Wildman–Crippen MR) is 85.4 cm³/mol. The van der Waals surface area contributed by atoms with Crippen LogP contribution < -0.4 is 5.32 Å². The fraction of sp³-hybridized carbons (Fsp3) is 0.176. The van der Waals surface area contributed by atoms with Crippen LogP contribution in [0.4, 0.5) is 8.78 Å². The summed E-state index contributed by atoms with van der Waals surface area (Å²) >= 11 is 0. The number of aryl methyl sites for hydroxylation is 1. The summed E-state index contributed by atoms with van der Waals surface area (Å²) in [5, 5.41) is 15.9. The Morgan fingerprint density at radius 1 is 1.20 bits per heavy atom. The van der Waals surface area contributed by atoms with Crippen molar-refractivity contribution in [3.8, 4) is 0 Å². The Morgan fingerprint density at radius 3 is 2.64 bits per heavy atom. The Balaban J connectivity index is 1.84. The van der Waals surface area contributed by atoms with Gasteiger partial charge in [0, 0.05) is 5.56 Å². The first kappa shape index (κ1) is 16.7. The van der Waals surface area contributed by atoms with E-state index < -0.39 is 17.7 Å². The molecule has 3 rings (SSSR count). The van der Waals surface area contributed by atoms with Crippen molar-refractivity contribution in [2.45, 2.75) is 19.4 Å². The van der Waals surface area contributed by atoms with Crippen molar-refractivity contribution < 1.29 is 13.6 Å². The first-order chi connectivity index (χ1) is 12.0. The van der Waals surface area contributed by atoms with Crippen molar-refractivity contribution in [2.24, 2.45) is 0 Å². The molecule has 3 aromatic rings. The lowest BCUT2D eigenvalue weighted by molar-refractivity contribution is -0.121. The molecule has 25 heavy (non-hydrogen) atoms. The van der Waals surface area contributed by atoms with Crippen molar-refractivity contribution in [1.29, 1.82) is 0 Å². The summed E-state index contributed by atoms with van der Waals surface area (Å²) in [6.07, 6.45) is 0.0889. The monoisotopic (exact) mass is 343 g/mol. The van der Waals surface area contributed by atoms with Crippen molar-refractivity contribution in [3.63, 3.8) is 0 Å². The van der Waals surface area contributed by atoms with Crippen molar-refractivity contribution >= 4 is 5.91 Å². The van der Waals surface area contributed by atoms with E-state index in [2.05, 4.69) is 25.9 Å². The Labute approximate surface area is 142 Å². The maximum atomic E-state index is 14.1. The van der Waals surface area contributed by atoms with E-state index in [-0.39, 0.29) is 23.7 Å². The van der Waals surface area contributed by atoms with Gasteiger partial charge in [0.05, 0.1) is 6.42 Å². The van der Waals surface area contributed by atoms with Gasteiger partial charge in [-0.15, -0.1) is 10.2 Å². The van der Waals surface area contributed by atoms with Crippen LogP contribution in [-0.2, 0) is 11.2 Å². The summed E-state index contributed by atoms with van der Waals surface area (Å²) in [5.74, 6) is -1.63. The number of aromatic amines is 1. The van der Waals surface area contributed by atoms with E-state index in [4.69, 9.17) is 0 Å². The number of carbonyl (C=O) groups is 1. The standard InChI is InChI=1S/C17H15F2N5O/c1-10-2-4-11(5-3-10)8-15(25)20-16(17-21-23-24-22-17)13-9-12(18)6-7-14(13)19/h2-7,9,16H,8H2,1H3,(H,20,25)(H,21,22,23,24)/t16-/m1/s1. The average Bonchev–Trinajstić information content (AvgIpc) is 3.11. The quantitative estimate of drug-likeness (QED) is 0.744. The second-order valence-corrected chi connectivity index (χ2v) is 5.60. The molecule has 6 nitrogen and oxygen atoms in total. The van der Waals surface area contributed by atoms with Crippen LogP contribution in [-0.4, -0.2) is 26.5 Å². The Hall–Kier alpha value is -3.16. The number of carbonyl (C=O) groups excluding carboxylic acids is 1. The summed E-state index contributed by atoms with van der Waals surface area (Å²) in [7, 11) is 0. The molecular weight excluding hydrogens is 328 g/mol. The Kier molecular flexibility index (Phi) is 4.78. The van der Waals surface area contributed by atoms with Crippen LogP contribution in [0.3, 0.4) is 0 Å². The molecule has 0 saturated heterocycles. The van der Waals surface area contributed by atoms with Gasteiger partial charge in [0.15, 0.2) is 0 Å². The topological polar surface area (TPSA) is 83.6 Å². The number of rotatable bonds is 5. The van der Waals surface area contributed by atoms with Crippen LogP contribution in [0.2, 0.25) is 0 Å². The second kappa shape index (κ2) is 7.16. The molecule has 1 heterocycles. The zero-order valence-electron chi connectivity index (χ0n) is 13.3. The summed E-state index contributed by atoms with van der Waals surface area (Å²) in [6, 6.07) is 9.40. The van der Waals surface area contributed by atoms with Gasteiger partial charge in [-0.2, -0.15) is 5.21 Å². The highest BCUT2D eigenvalue weighted by Crippen LogP contribution is 2.22. The highest BCUT2D eigenvalue weighted by atomic mass is 19.1. The van der Waals surface area contributed by atoms with Gasteiger partial charge in [-0.3, -0.25) is 4.79 Å². The molecule has 0 radical (unpaired) electrons. The van der Waals surface area contributed by atoms with Gasteiger partial charge < -0.3 is 5.32 Å². The number of benzene rings is 2. The fourth-order valence-electron chi connectivity index (χ4n) is 2.41. The van der Waals surface area contributed by atoms with Gasteiger partial charge in [0.25, 0.3) is 0 Å². The number of tetrazole rings is 1. The van der Waals surface area contributed by atoms with Crippen molar-refractivity contribution in [2.75, 3.05) is 0 Å². The lowest BCUT2D eigenvalue weighted by Gasteiger charge is -2.17. The van der Waals surface area contributed by atoms with E-state index >= 15 is 0 Å². The van der Waals surface area contributed by atoms with E-state index in [1.165, 1.54) is 0 Å². The summed E-state index contributed by atoms with van der Waals surface area (Å²) < 4.78 is 27.7. The number of halogens is 2. The van der Waals surface area contributed by atoms with E-state index in [0.717, 1.165) is 29.3 Å². The molecule has 0 bridgehead atoms. The zero-order valence-corrected chi connectivity index (χ0v) is 13.3. The molecule has 0 saturated carbocycles. The lowest BCUT2D eigenvalue weighted by atomic mass is 10.0. The van der Waals surface area contributed by atoms with E-state index in [1.54, 1.807) is 0 Å². The molecule has 2 aromatic carbocycles. The Morgan fingerprint density at radius 2 is 1.96 bits per heavy atom. The van der Waals surface area contributed by atoms with E-state index in [0.29, 0.717) is 0 Å². The van der Waals surface area contributed by atoms with Crippen LogP contribution in [0.25, 0.3) is 0 Å². The largest absolute Gasteiger partial charge is 0.341 e. The third kappa shape index (κ3) is 4.03. The van der Waals surface area contributed by atoms with Crippen LogP contribution in [0.1, 0.15) is 28.6 Å². The highest BCUT2D eigenvalue weighted by Gasteiger charge is 2.24. The molecule has 0 aliphatic heterocycles. The van der Waals surface area contributed by atoms with Crippen molar-refractivity contribution in [3.05, 3.63) is 76.6 Å². The maximum Gasteiger partial charge on any atom is 0.225 e. The van der Waals surface area contributed by atoms with Gasteiger partial charge >= 0.3 is 0 Å². The van der Waals surface area contributed by atoms with E-state index in [9.17, 15) is 13.6 Å². The van der Waals surface area contributed by atoms with Crippen LogP contribution >= 0.6 is 0 Å². The highest BCUT2D eigenvalue weighted by molar-refractivity contribution is 5.79. The normalized spacial score (nSPS) is 12.0. The summed E-state index contributed by atoms with van der Waals surface area (Å²) in [4.78, 5) is 12.4. The minimum atomic E-state index is -1.05. The molecule has 0 fully saturated rings. The van der Waals surface area contributed by atoms with Crippen LogP contribution in [0.15, 0.2) is 42.5 Å². The summed E-state index contributed by atoms with van der Waals surface area (Å²) in [5.41, 5.74) is 1.81. The molecule has 128 valence electrons. The molecule has 1 atom stereocenters. The number of H-pyrrole nitrogens is 1. The zero-order chi connectivity index (χ0) is 17.8. The number of hydrogen-bond acceptors (Lipinski definition) is 4. The second-order valence-electron chi connectivity index (χ2n) is 5.60. The van der Waals surface area contributed by atoms with Gasteiger partial charge in [0.1, 0.15) is 17.7 Å². The molecule has 0 aliphatic carbocycles. The average molecular weight is 343 g/mol. The SMILES string of the molecule is Cc1ccc(CC(=O)N[C@@H](c2nn[nH]n2)c2cc(F)ccc2F)cc1. The molecule has 1 amide bonds.